The van der Waals surface area contributed by atoms with Crippen LogP contribution in [0.15, 0.2) is 64.0 Å². The molecule has 1 N–H and O–H groups in total. The Morgan fingerprint density at radius 1 is 0.970 bits per heavy atom. The first kappa shape index (κ1) is 25.7. The normalized spacial score (nSPS) is 11.6. The molecule has 0 aliphatic carbocycles. The van der Waals surface area contributed by atoms with Crippen LogP contribution in [-0.4, -0.2) is 25.2 Å². The maximum Gasteiger partial charge on any atom is 0.244 e. The van der Waals surface area contributed by atoms with E-state index in [-0.39, 0.29) is 18.0 Å². The molecule has 0 saturated heterocycles. The molecule has 0 radical (unpaired) electrons. The third kappa shape index (κ3) is 6.16. The number of nitrogens with zero attached hydrogens (tertiary/aromatic N) is 1. The van der Waals surface area contributed by atoms with E-state index in [4.69, 9.17) is 23.2 Å². The second-order valence-electron chi connectivity index (χ2n) is 7.78. The van der Waals surface area contributed by atoms with Crippen molar-refractivity contribution < 1.29 is 13.2 Å². The minimum Gasteiger partial charge on any atom is -0.324 e. The first-order chi connectivity index (χ1) is 15.5. The smallest absolute Gasteiger partial charge is 0.244 e. The molecule has 0 aliphatic heterocycles. The summed E-state index contributed by atoms with van der Waals surface area (Å²) in [7, 11) is -4.01. The van der Waals surface area contributed by atoms with Gasteiger partial charge in [-0.3, -0.25) is 4.79 Å². The van der Waals surface area contributed by atoms with Gasteiger partial charge in [0.25, 0.3) is 0 Å². The van der Waals surface area contributed by atoms with Crippen LogP contribution in [0.1, 0.15) is 22.3 Å². The largest absolute Gasteiger partial charge is 0.324 e. The van der Waals surface area contributed by atoms with Crippen molar-refractivity contribution >= 4 is 60.7 Å². The van der Waals surface area contributed by atoms with Gasteiger partial charge in [0.2, 0.25) is 15.9 Å². The van der Waals surface area contributed by atoms with Gasteiger partial charge in [0.15, 0.2) is 0 Å². The molecule has 0 saturated carbocycles. The molecule has 0 heterocycles. The molecule has 0 spiro atoms. The Kier molecular flexibility index (Phi) is 8.24. The maximum atomic E-state index is 13.8. The second kappa shape index (κ2) is 10.6. The molecule has 33 heavy (non-hydrogen) atoms. The van der Waals surface area contributed by atoms with Gasteiger partial charge < -0.3 is 5.32 Å². The van der Waals surface area contributed by atoms with Crippen molar-refractivity contribution in [3.8, 4) is 0 Å². The summed E-state index contributed by atoms with van der Waals surface area (Å²) < 4.78 is 29.4. The van der Waals surface area contributed by atoms with Crippen LogP contribution in [0.25, 0.3) is 0 Å². The Morgan fingerprint density at radius 3 is 2.21 bits per heavy atom. The molecule has 174 valence electrons. The number of hydrogen-bond donors (Lipinski definition) is 1. The van der Waals surface area contributed by atoms with E-state index in [1.165, 1.54) is 0 Å². The number of hydrogen-bond acceptors (Lipinski definition) is 3. The summed E-state index contributed by atoms with van der Waals surface area (Å²) >= 11 is 15.5. The Hall–Kier alpha value is -1.90. The number of halogens is 3. The van der Waals surface area contributed by atoms with Crippen LogP contribution in [0.5, 0.6) is 0 Å². The molecule has 0 atom stereocenters. The average molecular weight is 570 g/mol. The van der Waals surface area contributed by atoms with Gasteiger partial charge in [0.1, 0.15) is 0 Å². The minimum atomic E-state index is -4.01. The summed E-state index contributed by atoms with van der Waals surface area (Å²) in [6.45, 7) is 5.00. The number of para-hydroxylation sites is 1. The second-order valence-corrected chi connectivity index (χ2v) is 11.3. The zero-order chi connectivity index (χ0) is 24.3. The maximum absolute atomic E-state index is 13.8. The fraction of sp³-hybridized carbons (Fsp3) is 0.208. The van der Waals surface area contributed by atoms with E-state index in [1.807, 2.05) is 25.1 Å². The topological polar surface area (TPSA) is 66.5 Å². The van der Waals surface area contributed by atoms with E-state index in [0.717, 1.165) is 9.87 Å². The number of rotatable bonds is 7. The standard InChI is InChI=1S/C24H23BrCl2N2O3S/c1-15-10-16(2)24(17(3)11-15)33(31,32)29(13-18-8-9-20(26)21(27)12-18)14-23(30)28-22-7-5-4-6-19(22)25/h4-12H,13-14H2,1-3H3,(H,28,30). The molecule has 1 amide bonds. The lowest BCUT2D eigenvalue weighted by Crippen LogP contribution is -2.38. The lowest BCUT2D eigenvalue weighted by molar-refractivity contribution is -0.116. The third-order valence-electron chi connectivity index (χ3n) is 5.01. The van der Waals surface area contributed by atoms with E-state index in [9.17, 15) is 13.2 Å². The fourth-order valence-corrected chi connectivity index (χ4v) is 6.18. The lowest BCUT2D eigenvalue weighted by atomic mass is 10.1. The number of nitrogens with one attached hydrogen (secondary N) is 1. The van der Waals surface area contributed by atoms with E-state index in [2.05, 4.69) is 21.2 Å². The van der Waals surface area contributed by atoms with E-state index >= 15 is 0 Å². The quantitative estimate of drug-likeness (QED) is 0.352. The van der Waals surface area contributed by atoms with Gasteiger partial charge in [-0.25, -0.2) is 8.42 Å². The molecule has 3 aromatic carbocycles. The average Bonchev–Trinajstić information content (AvgIpc) is 2.71. The van der Waals surface area contributed by atoms with Gasteiger partial charge in [-0.15, -0.1) is 0 Å². The zero-order valence-corrected chi connectivity index (χ0v) is 22.2. The summed E-state index contributed by atoms with van der Waals surface area (Å²) in [5.74, 6) is -0.465. The Bertz CT molecular complexity index is 1290. The minimum absolute atomic E-state index is 0.0463. The summed E-state index contributed by atoms with van der Waals surface area (Å²) in [4.78, 5) is 13.1. The number of carbonyl (C=O) groups excluding carboxylic acids is 1. The highest BCUT2D eigenvalue weighted by atomic mass is 79.9. The van der Waals surface area contributed by atoms with Gasteiger partial charge in [-0.1, -0.05) is 59.1 Å². The van der Waals surface area contributed by atoms with Crippen LogP contribution in [0, 0.1) is 20.8 Å². The van der Waals surface area contributed by atoms with Gasteiger partial charge in [-0.2, -0.15) is 4.31 Å². The first-order valence-electron chi connectivity index (χ1n) is 10.1. The van der Waals surface area contributed by atoms with Crippen LogP contribution >= 0.6 is 39.1 Å². The van der Waals surface area contributed by atoms with Gasteiger partial charge >= 0.3 is 0 Å². The van der Waals surface area contributed by atoms with Gasteiger partial charge in [0.05, 0.1) is 27.2 Å². The molecule has 0 aromatic heterocycles. The van der Waals surface area contributed by atoms with Gasteiger partial charge in [0, 0.05) is 11.0 Å². The summed E-state index contributed by atoms with van der Waals surface area (Å²) in [6.07, 6.45) is 0. The number of sulfonamides is 1. The van der Waals surface area contributed by atoms with E-state index < -0.39 is 15.9 Å². The summed E-state index contributed by atoms with van der Waals surface area (Å²) in [5, 5.41) is 3.45. The fourth-order valence-electron chi connectivity index (χ4n) is 3.68. The predicted molar refractivity (Wildman–Crippen MR) is 137 cm³/mol. The molecule has 9 heteroatoms. The number of amides is 1. The predicted octanol–water partition coefficient (Wildman–Crippen LogP) is 6.51. The molecule has 5 nitrogen and oxygen atoms in total. The molecule has 3 aromatic rings. The van der Waals surface area contributed by atoms with Crippen molar-refractivity contribution in [2.45, 2.75) is 32.2 Å². The molecule has 0 unspecified atom stereocenters. The third-order valence-corrected chi connectivity index (χ3v) is 8.54. The van der Waals surface area contributed by atoms with Crippen molar-refractivity contribution in [2.24, 2.45) is 0 Å². The molecule has 0 fully saturated rings. The Morgan fingerprint density at radius 2 is 1.61 bits per heavy atom. The number of anilines is 1. The molecular weight excluding hydrogens is 547 g/mol. The molecule has 0 aliphatic rings. The number of carbonyl (C=O) groups is 1. The number of benzene rings is 3. The Balaban J connectivity index is 2.00. The highest BCUT2D eigenvalue weighted by molar-refractivity contribution is 9.10. The monoisotopic (exact) mass is 568 g/mol. The SMILES string of the molecule is Cc1cc(C)c(S(=O)(=O)N(CC(=O)Nc2ccccc2Br)Cc2ccc(Cl)c(Cl)c2)c(C)c1. The van der Waals surface area contributed by atoms with Crippen LogP contribution in [0.4, 0.5) is 5.69 Å². The Labute approximate surface area is 212 Å². The van der Waals surface area contributed by atoms with E-state index in [0.29, 0.717) is 36.9 Å². The zero-order valence-electron chi connectivity index (χ0n) is 18.3. The van der Waals surface area contributed by atoms with Crippen molar-refractivity contribution in [3.05, 3.63) is 91.4 Å². The van der Waals surface area contributed by atoms with Crippen molar-refractivity contribution in [2.75, 3.05) is 11.9 Å². The summed E-state index contributed by atoms with van der Waals surface area (Å²) in [6, 6.07) is 15.7. The first-order valence-corrected chi connectivity index (χ1v) is 13.0. The van der Waals surface area contributed by atoms with Crippen molar-refractivity contribution in [1.82, 2.24) is 4.31 Å². The molecule has 0 bridgehead atoms. The van der Waals surface area contributed by atoms with E-state index in [1.54, 1.807) is 50.2 Å². The van der Waals surface area contributed by atoms with Crippen LogP contribution in [0.2, 0.25) is 10.0 Å². The van der Waals surface area contributed by atoms with Crippen molar-refractivity contribution in [3.63, 3.8) is 0 Å². The number of aryl methyl sites for hydroxylation is 3. The molecular formula is C24H23BrCl2N2O3S. The highest BCUT2D eigenvalue weighted by Gasteiger charge is 2.30. The van der Waals surface area contributed by atoms with Crippen LogP contribution < -0.4 is 5.32 Å². The van der Waals surface area contributed by atoms with Crippen molar-refractivity contribution in [1.29, 1.82) is 0 Å². The van der Waals surface area contributed by atoms with Crippen LogP contribution in [0.3, 0.4) is 0 Å². The van der Waals surface area contributed by atoms with Crippen LogP contribution in [-0.2, 0) is 21.4 Å². The van der Waals surface area contributed by atoms with Gasteiger partial charge in [-0.05, 0) is 77.7 Å². The highest BCUT2D eigenvalue weighted by Crippen LogP contribution is 2.29. The lowest BCUT2D eigenvalue weighted by Gasteiger charge is -2.24. The summed E-state index contributed by atoms with van der Waals surface area (Å²) in [5.41, 5.74) is 3.38. The molecule has 3 rings (SSSR count).